The number of hydrogen-bond donors (Lipinski definition) is 1. The molecule has 0 aromatic carbocycles. The first-order valence-corrected chi connectivity index (χ1v) is 6.38. The average molecular weight is 291 g/mol. The number of nitro groups is 1. The van der Waals surface area contributed by atoms with E-state index in [1.54, 1.807) is 14.1 Å². The van der Waals surface area contributed by atoms with Crippen LogP contribution in [0.5, 0.6) is 0 Å². The first kappa shape index (κ1) is 18.9. The molecule has 0 unspecified atom stereocenters. The first-order valence-electron chi connectivity index (χ1n) is 4.77. The minimum Gasteiger partial charge on any atom is -1.00 e. The lowest BCUT2D eigenvalue weighted by atomic mass is 10.1. The zero-order valence-electron chi connectivity index (χ0n) is 10.4. The Balaban J connectivity index is 0. The van der Waals surface area contributed by atoms with Gasteiger partial charge in [-0.1, -0.05) is 0 Å². The van der Waals surface area contributed by atoms with Crippen molar-refractivity contribution in [3.05, 3.63) is 10.1 Å². The summed E-state index contributed by atoms with van der Waals surface area (Å²) in [6.07, 6.45) is 0. The van der Waals surface area contributed by atoms with Crippen LogP contribution < -0.4 is 12.4 Å². The molecule has 1 N–H and O–H groups in total. The van der Waals surface area contributed by atoms with E-state index < -0.39 is 21.4 Å². The highest BCUT2D eigenvalue weighted by Crippen LogP contribution is 2.13. The second-order valence-corrected chi connectivity index (χ2v) is 6.75. The molecule has 0 spiro atoms. The number of rotatable bonds is 6. The summed E-state index contributed by atoms with van der Waals surface area (Å²) in [4.78, 5) is 10.3. The van der Waals surface area contributed by atoms with E-state index in [1.165, 1.54) is 13.8 Å². The molecule has 0 aromatic rings. The van der Waals surface area contributed by atoms with Crippen molar-refractivity contribution < 1.29 is 34.8 Å². The van der Waals surface area contributed by atoms with E-state index >= 15 is 0 Å². The molecule has 7 nitrogen and oxygen atoms in total. The molecule has 0 atom stereocenters. The van der Waals surface area contributed by atoms with Gasteiger partial charge in [0, 0.05) is 18.8 Å². The fourth-order valence-electron chi connectivity index (χ4n) is 1.55. The molecule has 0 aliphatic heterocycles. The van der Waals surface area contributed by atoms with Crippen molar-refractivity contribution in [2.24, 2.45) is 0 Å². The van der Waals surface area contributed by atoms with Crippen molar-refractivity contribution in [2.45, 2.75) is 19.4 Å². The maximum atomic E-state index is 10.7. The van der Waals surface area contributed by atoms with Crippen LogP contribution in [0.25, 0.3) is 0 Å². The molecule has 0 saturated carbocycles. The zero-order valence-corrected chi connectivity index (χ0v) is 12.0. The van der Waals surface area contributed by atoms with E-state index in [4.69, 9.17) is 4.55 Å². The number of halogens is 1. The Morgan fingerprint density at radius 2 is 1.76 bits per heavy atom. The van der Waals surface area contributed by atoms with E-state index in [0.29, 0.717) is 0 Å². The van der Waals surface area contributed by atoms with Crippen LogP contribution in [-0.2, 0) is 10.1 Å². The molecule has 0 aliphatic rings. The normalized spacial score (nSPS) is 13.0. The summed E-state index contributed by atoms with van der Waals surface area (Å²) in [6, 6.07) is 0. The monoisotopic (exact) mass is 290 g/mol. The second kappa shape index (κ2) is 5.94. The lowest BCUT2D eigenvalue weighted by Crippen LogP contribution is -3.00. The van der Waals surface area contributed by atoms with Gasteiger partial charge in [-0.3, -0.25) is 14.7 Å². The molecule has 0 fully saturated rings. The molecule has 0 heterocycles. The van der Waals surface area contributed by atoms with Crippen LogP contribution in [0.2, 0.25) is 0 Å². The molecule has 9 heteroatoms. The first-order chi connectivity index (χ1) is 6.86. The summed E-state index contributed by atoms with van der Waals surface area (Å²) in [6.45, 7) is 3.30. The standard InChI is InChI=1S/C8H18N2O5S.ClH/c1-8(2,9(11)12)7-10(3,4)5-6-16(13,14)15;/h5-7H2,1-4H3;1H. The fraction of sp³-hybridized carbons (Fsp3) is 1.00. The van der Waals surface area contributed by atoms with Gasteiger partial charge in [-0.05, 0) is 0 Å². The van der Waals surface area contributed by atoms with Gasteiger partial charge in [-0.15, -0.1) is 0 Å². The predicted molar refractivity (Wildman–Crippen MR) is 59.3 cm³/mol. The van der Waals surface area contributed by atoms with Crippen LogP contribution in [0.4, 0.5) is 0 Å². The molecule has 0 rings (SSSR count). The predicted octanol–water partition coefficient (Wildman–Crippen LogP) is -2.99. The van der Waals surface area contributed by atoms with Gasteiger partial charge in [-0.25, -0.2) is 0 Å². The Hall–Kier alpha value is -0.440. The minimum atomic E-state index is -4.02. The van der Waals surface area contributed by atoms with Gasteiger partial charge < -0.3 is 16.9 Å². The van der Waals surface area contributed by atoms with E-state index in [1.807, 2.05) is 0 Å². The molecule has 0 radical (unpaired) electrons. The summed E-state index contributed by atoms with van der Waals surface area (Å²) in [5.41, 5.74) is -1.12. The van der Waals surface area contributed by atoms with Gasteiger partial charge in [0.25, 0.3) is 15.7 Å². The molecule has 0 aromatic heterocycles. The topological polar surface area (TPSA) is 97.5 Å². The third-order valence-electron chi connectivity index (χ3n) is 2.26. The fourth-order valence-corrected chi connectivity index (χ4v) is 2.27. The Morgan fingerprint density at radius 3 is 2.06 bits per heavy atom. The van der Waals surface area contributed by atoms with Gasteiger partial charge in [0.05, 0.1) is 20.6 Å². The van der Waals surface area contributed by atoms with E-state index in [-0.39, 0.29) is 34.9 Å². The maximum absolute atomic E-state index is 10.7. The van der Waals surface area contributed by atoms with Crippen molar-refractivity contribution in [2.75, 3.05) is 32.9 Å². The summed E-state index contributed by atoms with van der Waals surface area (Å²) < 4.78 is 30.0. The number of quaternary nitrogens is 1. The second-order valence-electron chi connectivity index (χ2n) is 5.17. The van der Waals surface area contributed by atoms with Gasteiger partial charge in [0.15, 0.2) is 0 Å². The van der Waals surface area contributed by atoms with Crippen LogP contribution in [-0.4, -0.2) is 60.9 Å². The number of nitrogens with zero attached hydrogens (tertiary/aromatic N) is 2. The summed E-state index contributed by atoms with van der Waals surface area (Å²) in [5.74, 6) is -0.395. The van der Waals surface area contributed by atoms with E-state index in [0.717, 1.165) is 0 Å². The van der Waals surface area contributed by atoms with Gasteiger partial charge >= 0.3 is 0 Å². The van der Waals surface area contributed by atoms with Crippen LogP contribution in [0.15, 0.2) is 0 Å². The van der Waals surface area contributed by atoms with Crippen molar-refractivity contribution in [3.8, 4) is 0 Å². The Kier molecular flexibility index (Phi) is 6.61. The van der Waals surface area contributed by atoms with Crippen molar-refractivity contribution in [1.29, 1.82) is 0 Å². The van der Waals surface area contributed by atoms with Crippen molar-refractivity contribution >= 4 is 10.1 Å². The van der Waals surface area contributed by atoms with Crippen LogP contribution in [0.3, 0.4) is 0 Å². The molecule has 0 bridgehead atoms. The Morgan fingerprint density at radius 1 is 1.35 bits per heavy atom. The summed E-state index contributed by atoms with van der Waals surface area (Å²) >= 11 is 0. The van der Waals surface area contributed by atoms with E-state index in [2.05, 4.69) is 0 Å². The van der Waals surface area contributed by atoms with Crippen molar-refractivity contribution in [1.82, 2.24) is 0 Å². The smallest absolute Gasteiger partial charge is 0.270 e. The van der Waals surface area contributed by atoms with Crippen LogP contribution >= 0.6 is 0 Å². The zero-order chi connectivity index (χ0) is 13.2. The van der Waals surface area contributed by atoms with E-state index in [9.17, 15) is 18.5 Å². The highest BCUT2D eigenvalue weighted by molar-refractivity contribution is 7.85. The highest BCUT2D eigenvalue weighted by Gasteiger charge is 2.39. The van der Waals surface area contributed by atoms with Gasteiger partial charge in [0.1, 0.15) is 12.3 Å². The third kappa shape index (κ3) is 8.31. The van der Waals surface area contributed by atoms with Crippen LogP contribution in [0.1, 0.15) is 13.8 Å². The lowest BCUT2D eigenvalue weighted by Gasteiger charge is -2.32. The lowest BCUT2D eigenvalue weighted by molar-refractivity contribution is -0.904. The number of likely N-dealkylation sites (N-methyl/N-ethyl adjacent to an activating group) is 1. The molecule has 104 valence electrons. The maximum Gasteiger partial charge on any atom is 0.270 e. The minimum absolute atomic E-state index is 0. The SMILES string of the molecule is CC(C)(C[N+](C)(C)CCS(=O)(=O)O)[N+](=O)[O-].[Cl-]. The largest absolute Gasteiger partial charge is 1.00 e. The Labute approximate surface area is 108 Å². The number of hydrogen-bond acceptors (Lipinski definition) is 4. The molecule has 0 saturated heterocycles. The third-order valence-corrected chi connectivity index (χ3v) is 2.96. The Bertz CT molecular complexity index is 366. The molecule has 17 heavy (non-hydrogen) atoms. The van der Waals surface area contributed by atoms with Crippen LogP contribution in [0, 0.1) is 10.1 Å². The summed E-state index contributed by atoms with van der Waals surface area (Å²) in [7, 11) is -0.637. The molecule has 0 amide bonds. The molecule has 0 aliphatic carbocycles. The summed E-state index contributed by atoms with van der Waals surface area (Å²) in [5, 5.41) is 10.7. The average Bonchev–Trinajstić information content (AvgIpc) is 1.97. The quantitative estimate of drug-likeness (QED) is 0.243. The van der Waals surface area contributed by atoms with Gasteiger partial charge in [0.2, 0.25) is 0 Å². The molecular weight excluding hydrogens is 272 g/mol. The van der Waals surface area contributed by atoms with Crippen molar-refractivity contribution in [3.63, 3.8) is 0 Å². The van der Waals surface area contributed by atoms with Gasteiger partial charge in [-0.2, -0.15) is 8.42 Å². The molecular formula is C8H19ClN2O5S. The highest BCUT2D eigenvalue weighted by atomic mass is 35.5.